The molecule has 0 aliphatic carbocycles. The van der Waals surface area contributed by atoms with Crippen LogP contribution in [0.15, 0.2) is 18.2 Å². The van der Waals surface area contributed by atoms with Gasteiger partial charge in [0, 0.05) is 25.3 Å². The number of aryl methyl sites for hydroxylation is 2. The van der Waals surface area contributed by atoms with Gasteiger partial charge in [-0.15, -0.1) is 0 Å². The molecule has 1 saturated heterocycles. The van der Waals surface area contributed by atoms with Gasteiger partial charge in [0.05, 0.1) is 6.54 Å². The first-order valence-corrected chi connectivity index (χ1v) is 7.08. The van der Waals surface area contributed by atoms with Gasteiger partial charge in [0.2, 0.25) is 5.91 Å². The predicted molar refractivity (Wildman–Crippen MR) is 76.8 cm³/mol. The summed E-state index contributed by atoms with van der Waals surface area (Å²) in [7, 11) is 0. The van der Waals surface area contributed by atoms with Crippen LogP contribution in [0.2, 0.25) is 0 Å². The Bertz CT molecular complexity index is 556. The highest BCUT2D eigenvalue weighted by Crippen LogP contribution is 2.30. The fourth-order valence-corrected chi connectivity index (χ4v) is 3.06. The maximum atomic E-state index is 12.3. The second kappa shape index (κ2) is 5.15. The topological polar surface area (TPSA) is 52.7 Å². The molecule has 2 heterocycles. The van der Waals surface area contributed by atoms with Gasteiger partial charge in [-0.05, 0) is 30.9 Å². The van der Waals surface area contributed by atoms with Crippen LogP contribution in [0.4, 0.5) is 10.5 Å². The Labute approximate surface area is 118 Å². The molecule has 0 radical (unpaired) electrons. The van der Waals surface area contributed by atoms with Crippen molar-refractivity contribution in [3.63, 3.8) is 0 Å². The number of fused-ring (bicyclic) bond motifs is 1. The number of carbonyl (C=O) groups excluding carboxylic acids is 2. The lowest BCUT2D eigenvalue weighted by Crippen LogP contribution is -2.43. The number of para-hydroxylation sites is 1. The lowest BCUT2D eigenvalue weighted by molar-refractivity contribution is -0.126. The van der Waals surface area contributed by atoms with Gasteiger partial charge in [-0.25, -0.2) is 4.79 Å². The molecule has 1 N–H and O–H groups in total. The first-order valence-electron chi connectivity index (χ1n) is 7.08. The number of amides is 3. The van der Waals surface area contributed by atoms with Gasteiger partial charge in [0.1, 0.15) is 0 Å². The van der Waals surface area contributed by atoms with E-state index in [0.717, 1.165) is 19.4 Å². The van der Waals surface area contributed by atoms with E-state index in [1.165, 1.54) is 21.7 Å². The van der Waals surface area contributed by atoms with Crippen LogP contribution in [0.1, 0.15) is 17.5 Å². The van der Waals surface area contributed by atoms with Crippen molar-refractivity contribution in [3.8, 4) is 0 Å². The predicted octanol–water partition coefficient (Wildman–Crippen LogP) is 1.30. The number of nitrogens with zero attached hydrogens (tertiary/aromatic N) is 2. The standard InChI is InChI=1S/C15H19N3O2/c1-11-4-2-5-12-6-3-8-17(14(11)12)10-13(19)18-9-7-16-15(18)20/h2,4-5H,3,6-10H2,1H3,(H,16,20). The zero-order chi connectivity index (χ0) is 14.1. The third-order valence-corrected chi connectivity index (χ3v) is 4.00. The van der Waals surface area contributed by atoms with Gasteiger partial charge in [-0.3, -0.25) is 9.69 Å². The molecule has 0 spiro atoms. The maximum Gasteiger partial charge on any atom is 0.324 e. The van der Waals surface area contributed by atoms with Gasteiger partial charge in [-0.1, -0.05) is 18.2 Å². The summed E-state index contributed by atoms with van der Waals surface area (Å²) >= 11 is 0. The SMILES string of the molecule is Cc1cccc2c1N(CC(=O)N1CCNC1=O)CCC2. The molecule has 0 saturated carbocycles. The van der Waals surface area contributed by atoms with Crippen LogP contribution in [-0.2, 0) is 11.2 Å². The Morgan fingerprint density at radius 3 is 2.95 bits per heavy atom. The first kappa shape index (κ1) is 13.0. The minimum atomic E-state index is -0.267. The average molecular weight is 273 g/mol. The van der Waals surface area contributed by atoms with Crippen LogP contribution in [-0.4, -0.2) is 43.0 Å². The molecule has 1 aromatic carbocycles. The summed E-state index contributed by atoms with van der Waals surface area (Å²) in [4.78, 5) is 27.2. The number of hydrogen-bond acceptors (Lipinski definition) is 3. The van der Waals surface area contributed by atoms with Crippen molar-refractivity contribution in [1.29, 1.82) is 0 Å². The zero-order valence-corrected chi connectivity index (χ0v) is 11.7. The van der Waals surface area contributed by atoms with E-state index in [9.17, 15) is 9.59 Å². The summed E-state index contributed by atoms with van der Waals surface area (Å²) in [6, 6.07) is 6.00. The minimum Gasteiger partial charge on any atom is -0.362 e. The molecule has 5 nitrogen and oxygen atoms in total. The molecule has 0 atom stereocenters. The molecule has 5 heteroatoms. The molecule has 0 bridgehead atoms. The summed E-state index contributed by atoms with van der Waals surface area (Å²) < 4.78 is 0. The van der Waals surface area contributed by atoms with Gasteiger partial charge in [0.15, 0.2) is 0 Å². The fraction of sp³-hybridized carbons (Fsp3) is 0.467. The van der Waals surface area contributed by atoms with Gasteiger partial charge >= 0.3 is 6.03 Å². The van der Waals surface area contributed by atoms with E-state index < -0.39 is 0 Å². The molecule has 0 aromatic heterocycles. The lowest BCUT2D eigenvalue weighted by Gasteiger charge is -2.33. The van der Waals surface area contributed by atoms with Gasteiger partial charge in [-0.2, -0.15) is 0 Å². The largest absolute Gasteiger partial charge is 0.362 e. The van der Waals surface area contributed by atoms with Crippen LogP contribution in [0, 0.1) is 6.92 Å². The second-order valence-corrected chi connectivity index (χ2v) is 5.39. The van der Waals surface area contributed by atoms with E-state index in [0.29, 0.717) is 13.1 Å². The van der Waals surface area contributed by atoms with E-state index in [4.69, 9.17) is 0 Å². The highest BCUT2D eigenvalue weighted by atomic mass is 16.2. The number of urea groups is 1. The molecule has 3 amide bonds. The summed E-state index contributed by atoms with van der Waals surface area (Å²) in [5.74, 6) is -0.115. The van der Waals surface area contributed by atoms with E-state index in [1.807, 2.05) is 0 Å². The molecule has 2 aliphatic heterocycles. The van der Waals surface area contributed by atoms with Crippen LogP contribution in [0.5, 0.6) is 0 Å². The average Bonchev–Trinajstić information content (AvgIpc) is 2.85. The smallest absolute Gasteiger partial charge is 0.324 e. The summed E-state index contributed by atoms with van der Waals surface area (Å²) in [6.45, 7) is 4.26. The van der Waals surface area contributed by atoms with E-state index >= 15 is 0 Å². The van der Waals surface area contributed by atoms with Crippen molar-refractivity contribution >= 4 is 17.6 Å². The number of rotatable bonds is 2. The van der Waals surface area contributed by atoms with Gasteiger partial charge in [0.25, 0.3) is 0 Å². The molecule has 3 rings (SSSR count). The summed E-state index contributed by atoms with van der Waals surface area (Å²) in [5.41, 5.74) is 3.67. The molecule has 2 aliphatic rings. The Hall–Kier alpha value is -2.04. The highest BCUT2D eigenvalue weighted by Gasteiger charge is 2.29. The molecular weight excluding hydrogens is 254 g/mol. The summed E-state index contributed by atoms with van der Waals surface area (Å²) in [5, 5.41) is 2.67. The van der Waals surface area contributed by atoms with E-state index in [2.05, 4.69) is 35.3 Å². The Kier molecular flexibility index (Phi) is 3.34. The normalized spacial score (nSPS) is 17.9. The van der Waals surface area contributed by atoms with Crippen LogP contribution in [0.3, 0.4) is 0 Å². The highest BCUT2D eigenvalue weighted by molar-refractivity contribution is 5.98. The van der Waals surface area contributed by atoms with Crippen LogP contribution in [0.25, 0.3) is 0 Å². The monoisotopic (exact) mass is 273 g/mol. The van der Waals surface area contributed by atoms with Crippen LogP contribution < -0.4 is 10.2 Å². The molecule has 1 fully saturated rings. The van der Waals surface area contributed by atoms with Crippen molar-refractivity contribution < 1.29 is 9.59 Å². The Morgan fingerprint density at radius 2 is 2.20 bits per heavy atom. The van der Waals surface area contributed by atoms with E-state index in [1.54, 1.807) is 0 Å². The van der Waals surface area contributed by atoms with Gasteiger partial charge < -0.3 is 10.2 Å². The van der Waals surface area contributed by atoms with Crippen molar-refractivity contribution in [3.05, 3.63) is 29.3 Å². The van der Waals surface area contributed by atoms with E-state index in [-0.39, 0.29) is 18.5 Å². The zero-order valence-electron chi connectivity index (χ0n) is 11.7. The number of carbonyl (C=O) groups is 2. The molecular formula is C15H19N3O2. The molecule has 20 heavy (non-hydrogen) atoms. The number of anilines is 1. The molecule has 1 aromatic rings. The van der Waals surface area contributed by atoms with Crippen molar-refractivity contribution in [1.82, 2.24) is 10.2 Å². The maximum absolute atomic E-state index is 12.3. The van der Waals surface area contributed by atoms with Crippen LogP contribution >= 0.6 is 0 Å². The third kappa shape index (κ3) is 2.24. The lowest BCUT2D eigenvalue weighted by atomic mass is 9.98. The summed E-state index contributed by atoms with van der Waals surface area (Å²) in [6.07, 6.45) is 2.11. The van der Waals surface area contributed by atoms with Crippen molar-refractivity contribution in [2.75, 3.05) is 31.1 Å². The second-order valence-electron chi connectivity index (χ2n) is 5.39. The number of hydrogen-bond donors (Lipinski definition) is 1. The van der Waals surface area contributed by atoms with Crippen molar-refractivity contribution in [2.24, 2.45) is 0 Å². The molecule has 0 unspecified atom stereocenters. The van der Waals surface area contributed by atoms with Crippen molar-refractivity contribution in [2.45, 2.75) is 19.8 Å². The quantitative estimate of drug-likeness (QED) is 0.883. The number of imide groups is 1. The first-order chi connectivity index (χ1) is 9.66. The number of nitrogens with one attached hydrogen (secondary N) is 1. The Balaban J connectivity index is 1.79. The minimum absolute atomic E-state index is 0.115. The number of benzene rings is 1. The third-order valence-electron chi connectivity index (χ3n) is 4.00. The molecule has 106 valence electrons. The Morgan fingerprint density at radius 1 is 1.35 bits per heavy atom. The fourth-order valence-electron chi connectivity index (χ4n) is 3.06.